The standard InChI is InChI=1S/C19H25BrN6O.C10H13BrClN3.C9H13N3O/c1-25(15-4-2-3-5-15)18-16(20)13-22-19(24-18)23-14-6-7-17(21-12-14)26-8-10-27-11-9-26;1-15(7-4-2-3-5-7)9-8(11)6-13-10(12)14-9;10-8-1-2-9(11-7-8)12-3-5-13-6-4-12/h6-7,12-13,15H,2-5,8-11H2,1H3,(H,22,23,24);6-7H,2-5H2,1H3;1-2,7H,3-6,10H2. The summed E-state index contributed by atoms with van der Waals surface area (Å²) in [5.74, 6) is 4.36. The first-order valence-corrected chi connectivity index (χ1v) is 21.0. The molecule has 3 N–H and O–H groups in total. The Morgan fingerprint density at radius 2 is 1.16 bits per heavy atom. The fourth-order valence-corrected chi connectivity index (χ4v) is 8.20. The van der Waals surface area contributed by atoms with Crippen molar-refractivity contribution in [1.29, 1.82) is 0 Å². The molecule has 55 heavy (non-hydrogen) atoms. The number of nitrogens with two attached hydrogens (primary N) is 1. The maximum absolute atomic E-state index is 5.80. The van der Waals surface area contributed by atoms with E-state index in [1.54, 1.807) is 12.4 Å². The molecule has 0 unspecified atom stereocenters. The van der Waals surface area contributed by atoms with Gasteiger partial charge in [0.2, 0.25) is 11.2 Å². The quantitative estimate of drug-likeness (QED) is 0.170. The molecule has 14 nitrogen and oxygen atoms in total. The Balaban J connectivity index is 0.000000155. The predicted molar refractivity (Wildman–Crippen MR) is 228 cm³/mol. The maximum Gasteiger partial charge on any atom is 0.229 e. The molecule has 4 fully saturated rings. The summed E-state index contributed by atoms with van der Waals surface area (Å²) in [5, 5.41) is 3.58. The summed E-state index contributed by atoms with van der Waals surface area (Å²) >= 11 is 12.8. The second-order valence-corrected chi connectivity index (χ2v) is 16.0. The molecule has 2 saturated heterocycles. The molecule has 8 rings (SSSR count). The van der Waals surface area contributed by atoms with Gasteiger partial charge in [0.15, 0.2) is 0 Å². The molecule has 2 aliphatic heterocycles. The Kier molecular flexibility index (Phi) is 15.3. The lowest BCUT2D eigenvalue weighted by atomic mass is 10.2. The molecular weight excluding hydrogens is 852 g/mol. The highest BCUT2D eigenvalue weighted by molar-refractivity contribution is 9.11. The average Bonchev–Trinajstić information content (AvgIpc) is 3.97. The van der Waals surface area contributed by atoms with E-state index in [0.29, 0.717) is 29.0 Å². The molecule has 296 valence electrons. The topological polar surface area (TPSA) is 147 Å². The van der Waals surface area contributed by atoms with Crippen LogP contribution in [0.1, 0.15) is 51.4 Å². The smallest absolute Gasteiger partial charge is 0.229 e. The molecule has 2 aliphatic carbocycles. The van der Waals surface area contributed by atoms with E-state index in [1.165, 1.54) is 51.4 Å². The van der Waals surface area contributed by atoms with Crippen LogP contribution in [-0.2, 0) is 9.47 Å². The van der Waals surface area contributed by atoms with Crippen LogP contribution in [0.4, 0.5) is 40.6 Å². The van der Waals surface area contributed by atoms with Crippen LogP contribution in [0.3, 0.4) is 0 Å². The van der Waals surface area contributed by atoms with Gasteiger partial charge in [-0.05, 0) is 93.4 Å². The Bertz CT molecular complexity index is 1770. The van der Waals surface area contributed by atoms with E-state index in [-0.39, 0.29) is 0 Å². The van der Waals surface area contributed by atoms with Crippen molar-refractivity contribution in [2.75, 3.05) is 97.4 Å². The Morgan fingerprint density at radius 1 is 0.673 bits per heavy atom. The molecule has 0 radical (unpaired) electrons. The summed E-state index contributed by atoms with van der Waals surface area (Å²) in [6.45, 7) is 6.67. The van der Waals surface area contributed by atoms with Gasteiger partial charge in [-0.2, -0.15) is 9.97 Å². The molecule has 0 spiro atoms. The van der Waals surface area contributed by atoms with Gasteiger partial charge < -0.3 is 40.1 Å². The number of anilines is 7. The van der Waals surface area contributed by atoms with E-state index < -0.39 is 0 Å². The molecule has 4 aromatic heterocycles. The summed E-state index contributed by atoms with van der Waals surface area (Å²) < 4.78 is 12.5. The Hall–Kier alpha value is -3.57. The number of rotatable bonds is 8. The molecule has 17 heteroatoms. The number of nitrogens with one attached hydrogen (secondary N) is 1. The van der Waals surface area contributed by atoms with E-state index in [1.807, 2.05) is 36.7 Å². The molecule has 4 aromatic rings. The molecular formula is C38H51Br2ClN12O2. The van der Waals surface area contributed by atoms with Crippen molar-refractivity contribution in [3.63, 3.8) is 0 Å². The first kappa shape index (κ1) is 41.1. The van der Waals surface area contributed by atoms with Crippen molar-refractivity contribution in [2.24, 2.45) is 0 Å². The normalized spacial score (nSPS) is 17.5. The van der Waals surface area contributed by atoms with E-state index in [2.05, 4.69) is 95.8 Å². The van der Waals surface area contributed by atoms with Crippen molar-refractivity contribution in [3.8, 4) is 0 Å². The number of halogens is 3. The number of pyridine rings is 2. The zero-order valence-corrected chi connectivity index (χ0v) is 35.5. The van der Waals surface area contributed by atoms with Crippen molar-refractivity contribution in [1.82, 2.24) is 29.9 Å². The number of nitrogens with zero attached hydrogens (tertiary/aromatic N) is 10. The van der Waals surface area contributed by atoms with Crippen LogP contribution in [0.15, 0.2) is 58.0 Å². The zero-order valence-electron chi connectivity index (χ0n) is 31.6. The molecule has 6 heterocycles. The van der Waals surface area contributed by atoms with Crippen molar-refractivity contribution in [3.05, 3.63) is 63.3 Å². The molecule has 0 atom stereocenters. The number of morpholine rings is 2. The summed E-state index contributed by atoms with van der Waals surface area (Å²) in [4.78, 5) is 35.0. The first-order valence-electron chi connectivity index (χ1n) is 19.0. The van der Waals surface area contributed by atoms with Crippen molar-refractivity contribution in [2.45, 2.75) is 63.5 Å². The van der Waals surface area contributed by atoms with Crippen LogP contribution in [0.25, 0.3) is 0 Å². The second kappa shape index (κ2) is 20.6. The minimum absolute atomic E-state index is 0.304. The minimum atomic E-state index is 0.304. The summed E-state index contributed by atoms with van der Waals surface area (Å²) in [5.41, 5.74) is 7.13. The van der Waals surface area contributed by atoms with Gasteiger partial charge in [-0.1, -0.05) is 25.7 Å². The van der Waals surface area contributed by atoms with E-state index in [9.17, 15) is 0 Å². The minimum Gasteiger partial charge on any atom is -0.397 e. The van der Waals surface area contributed by atoms with Crippen LogP contribution in [-0.4, -0.2) is 109 Å². The monoisotopic (exact) mass is 900 g/mol. The number of hydrogen-bond acceptors (Lipinski definition) is 14. The highest BCUT2D eigenvalue weighted by atomic mass is 79.9. The van der Waals surface area contributed by atoms with Gasteiger partial charge in [0.05, 0.1) is 59.1 Å². The highest BCUT2D eigenvalue weighted by Gasteiger charge is 2.24. The number of ether oxygens (including phenoxy) is 2. The second-order valence-electron chi connectivity index (χ2n) is 14.0. The number of nitrogen functional groups attached to an aromatic ring is 1. The molecule has 0 bridgehead atoms. The van der Waals surface area contributed by atoms with Crippen LogP contribution >= 0.6 is 43.5 Å². The molecule has 0 amide bonds. The van der Waals surface area contributed by atoms with Crippen molar-refractivity contribution >= 4 is 84.1 Å². The van der Waals surface area contributed by atoms with Gasteiger partial charge in [0.25, 0.3) is 0 Å². The SMILES string of the molecule is CN(c1nc(Cl)ncc1Br)C1CCCC1.CN(c1nc(Nc2ccc(N3CCOCC3)nc2)ncc1Br)C1CCCC1.Nc1ccc(N2CCOCC2)nc1. The van der Waals surface area contributed by atoms with Gasteiger partial charge in [-0.15, -0.1) is 0 Å². The third-order valence-corrected chi connectivity index (χ3v) is 11.6. The molecule has 4 aliphatic rings. The molecule has 0 aromatic carbocycles. The largest absolute Gasteiger partial charge is 0.397 e. The summed E-state index contributed by atoms with van der Waals surface area (Å²) in [7, 11) is 4.19. The lowest BCUT2D eigenvalue weighted by Crippen LogP contribution is -2.36. The van der Waals surface area contributed by atoms with E-state index in [4.69, 9.17) is 31.8 Å². The van der Waals surface area contributed by atoms with Crippen LogP contribution in [0, 0.1) is 0 Å². The molecule has 2 saturated carbocycles. The number of hydrogen-bond donors (Lipinski definition) is 2. The van der Waals surface area contributed by atoms with Crippen LogP contribution in [0.5, 0.6) is 0 Å². The van der Waals surface area contributed by atoms with Gasteiger partial charge in [-0.3, -0.25) is 0 Å². The lowest BCUT2D eigenvalue weighted by molar-refractivity contribution is 0.122. The maximum atomic E-state index is 5.80. The fraction of sp³-hybridized carbons (Fsp3) is 0.526. The zero-order chi connectivity index (χ0) is 38.6. The van der Waals surface area contributed by atoms with E-state index in [0.717, 1.165) is 90.5 Å². The lowest BCUT2D eigenvalue weighted by Gasteiger charge is -2.27. The summed E-state index contributed by atoms with van der Waals surface area (Å²) in [6, 6.07) is 9.01. The van der Waals surface area contributed by atoms with Crippen LogP contribution in [0.2, 0.25) is 5.28 Å². The van der Waals surface area contributed by atoms with Crippen LogP contribution < -0.4 is 30.7 Å². The Morgan fingerprint density at radius 3 is 1.65 bits per heavy atom. The first-order chi connectivity index (χ1) is 26.7. The fourth-order valence-electron chi connectivity index (χ4n) is 7.12. The van der Waals surface area contributed by atoms with E-state index >= 15 is 0 Å². The third-order valence-electron chi connectivity index (χ3n) is 10.3. The highest BCUT2D eigenvalue weighted by Crippen LogP contribution is 2.32. The number of aromatic nitrogens is 6. The van der Waals surface area contributed by atoms with Gasteiger partial charge in [0.1, 0.15) is 23.3 Å². The van der Waals surface area contributed by atoms with Gasteiger partial charge in [0, 0.05) is 64.8 Å². The predicted octanol–water partition coefficient (Wildman–Crippen LogP) is 7.36. The third kappa shape index (κ3) is 11.7. The van der Waals surface area contributed by atoms with Gasteiger partial charge >= 0.3 is 0 Å². The Labute approximate surface area is 345 Å². The van der Waals surface area contributed by atoms with Gasteiger partial charge in [-0.25, -0.2) is 19.9 Å². The summed E-state index contributed by atoms with van der Waals surface area (Å²) in [6.07, 6.45) is 17.2. The average molecular weight is 903 g/mol. The van der Waals surface area contributed by atoms with Crippen molar-refractivity contribution < 1.29 is 9.47 Å².